The average Bonchev–Trinajstić information content (AvgIpc) is 2.90. The van der Waals surface area contributed by atoms with Crippen LogP contribution in [-0.2, 0) is 13.0 Å². The number of aryl methyl sites for hydroxylation is 1. The van der Waals surface area contributed by atoms with Crippen LogP contribution in [-0.4, -0.2) is 25.2 Å². The molecule has 0 radical (unpaired) electrons. The van der Waals surface area contributed by atoms with Crippen LogP contribution in [0.5, 0.6) is 11.5 Å². The number of benzene rings is 2. The molecule has 5 heteroatoms. The highest BCUT2D eigenvalue weighted by Gasteiger charge is 2.06. The van der Waals surface area contributed by atoms with Crippen molar-refractivity contribution in [1.29, 1.82) is 0 Å². The second kappa shape index (κ2) is 5.89. The molecule has 0 spiro atoms. The second-order valence-electron chi connectivity index (χ2n) is 5.40. The van der Waals surface area contributed by atoms with Crippen LogP contribution in [0.2, 0.25) is 0 Å². The van der Waals surface area contributed by atoms with Crippen LogP contribution in [0.15, 0.2) is 48.7 Å². The van der Waals surface area contributed by atoms with E-state index in [9.17, 15) is 10.2 Å². The topological polar surface area (TPSA) is 71.2 Å². The molecule has 0 fully saturated rings. The number of phenolic OH excluding ortho intramolecular Hbond substituents is 2. The summed E-state index contributed by atoms with van der Waals surface area (Å²) in [6.07, 6.45) is 2.45. The van der Waals surface area contributed by atoms with Gasteiger partial charge in [0.1, 0.15) is 0 Å². The Morgan fingerprint density at radius 2 is 1.86 bits per heavy atom. The summed E-state index contributed by atoms with van der Waals surface area (Å²) >= 11 is 0. The van der Waals surface area contributed by atoms with Crippen LogP contribution < -0.4 is 0 Å². The van der Waals surface area contributed by atoms with Crippen molar-refractivity contribution < 1.29 is 10.2 Å². The Hall–Kier alpha value is -2.82. The fourth-order valence-corrected chi connectivity index (χ4v) is 2.38. The summed E-state index contributed by atoms with van der Waals surface area (Å²) in [5, 5.41) is 27.1. The van der Waals surface area contributed by atoms with Crippen LogP contribution in [0.1, 0.15) is 22.4 Å². The van der Waals surface area contributed by atoms with E-state index in [4.69, 9.17) is 0 Å². The molecular formula is C17H17N3O2. The van der Waals surface area contributed by atoms with Crippen LogP contribution in [0, 0.1) is 6.92 Å². The Kier molecular flexibility index (Phi) is 3.78. The van der Waals surface area contributed by atoms with E-state index in [0.29, 0.717) is 13.0 Å². The van der Waals surface area contributed by atoms with E-state index in [-0.39, 0.29) is 11.5 Å². The minimum atomic E-state index is -0.121. The minimum Gasteiger partial charge on any atom is -0.504 e. The fourth-order valence-electron chi connectivity index (χ4n) is 2.38. The molecule has 3 rings (SSSR count). The van der Waals surface area contributed by atoms with E-state index in [1.165, 1.54) is 23.3 Å². The van der Waals surface area contributed by atoms with Gasteiger partial charge < -0.3 is 10.2 Å². The lowest BCUT2D eigenvalue weighted by Gasteiger charge is -2.02. The maximum Gasteiger partial charge on any atom is 0.157 e. The first-order chi connectivity index (χ1) is 10.6. The number of aromatic nitrogens is 3. The molecule has 0 saturated heterocycles. The first-order valence-electron chi connectivity index (χ1n) is 7.05. The number of hydrogen-bond donors (Lipinski definition) is 2. The molecule has 2 aromatic carbocycles. The van der Waals surface area contributed by atoms with E-state index >= 15 is 0 Å². The number of nitrogens with zero attached hydrogens (tertiary/aromatic N) is 3. The monoisotopic (exact) mass is 295 g/mol. The molecule has 22 heavy (non-hydrogen) atoms. The first kappa shape index (κ1) is 14.1. The molecule has 0 saturated carbocycles. The molecule has 0 aliphatic carbocycles. The molecule has 0 unspecified atom stereocenters. The Labute approximate surface area is 128 Å². The van der Waals surface area contributed by atoms with Crippen molar-refractivity contribution in [3.05, 3.63) is 71.0 Å². The molecule has 0 aliphatic heterocycles. The first-order valence-corrected chi connectivity index (χ1v) is 7.05. The molecule has 1 aromatic heterocycles. The van der Waals surface area contributed by atoms with Crippen LogP contribution >= 0.6 is 0 Å². The number of hydrogen-bond acceptors (Lipinski definition) is 4. The Balaban J connectivity index is 1.72. The van der Waals surface area contributed by atoms with Gasteiger partial charge in [0.2, 0.25) is 0 Å². The van der Waals surface area contributed by atoms with Gasteiger partial charge in [-0.3, -0.25) is 0 Å². The molecule has 0 atom stereocenters. The van der Waals surface area contributed by atoms with Crippen molar-refractivity contribution in [3.63, 3.8) is 0 Å². The smallest absolute Gasteiger partial charge is 0.157 e. The van der Waals surface area contributed by atoms with Gasteiger partial charge in [0.05, 0.1) is 12.2 Å². The summed E-state index contributed by atoms with van der Waals surface area (Å²) in [6.45, 7) is 2.74. The zero-order valence-electron chi connectivity index (χ0n) is 12.3. The van der Waals surface area contributed by atoms with Gasteiger partial charge in [-0.25, -0.2) is 4.68 Å². The van der Waals surface area contributed by atoms with Crippen molar-refractivity contribution in [3.8, 4) is 11.5 Å². The van der Waals surface area contributed by atoms with E-state index in [2.05, 4.69) is 35.4 Å². The maximum absolute atomic E-state index is 9.51. The maximum atomic E-state index is 9.51. The van der Waals surface area contributed by atoms with Crippen LogP contribution in [0.25, 0.3) is 0 Å². The lowest BCUT2D eigenvalue weighted by molar-refractivity contribution is 0.403. The number of aromatic hydroxyl groups is 2. The van der Waals surface area contributed by atoms with Crippen molar-refractivity contribution >= 4 is 0 Å². The summed E-state index contributed by atoms with van der Waals surface area (Å²) in [4.78, 5) is 0. The quantitative estimate of drug-likeness (QED) is 0.726. The van der Waals surface area contributed by atoms with Crippen molar-refractivity contribution in [2.45, 2.75) is 19.9 Å². The minimum absolute atomic E-state index is 0.119. The van der Waals surface area contributed by atoms with Gasteiger partial charge in [0.15, 0.2) is 11.5 Å². The summed E-state index contributed by atoms with van der Waals surface area (Å²) < 4.78 is 1.80. The lowest BCUT2D eigenvalue weighted by atomic mass is 10.1. The van der Waals surface area contributed by atoms with Crippen molar-refractivity contribution in [2.24, 2.45) is 0 Å². The highest BCUT2D eigenvalue weighted by atomic mass is 16.3. The summed E-state index contributed by atoms with van der Waals surface area (Å²) in [5.41, 5.74) is 4.09. The molecule has 0 aliphatic rings. The molecular weight excluding hydrogens is 278 g/mol. The molecule has 2 N–H and O–H groups in total. The number of phenols is 2. The van der Waals surface area contributed by atoms with E-state index in [1.807, 2.05) is 12.3 Å². The number of rotatable bonds is 4. The molecule has 1 heterocycles. The van der Waals surface area contributed by atoms with Crippen molar-refractivity contribution in [1.82, 2.24) is 15.0 Å². The third-order valence-electron chi connectivity index (χ3n) is 3.44. The van der Waals surface area contributed by atoms with Gasteiger partial charge in [0, 0.05) is 12.6 Å². The zero-order chi connectivity index (χ0) is 15.5. The summed E-state index contributed by atoms with van der Waals surface area (Å²) in [5.74, 6) is -0.239. The normalized spacial score (nSPS) is 10.8. The largest absolute Gasteiger partial charge is 0.504 e. The Bertz CT molecular complexity index is 796. The second-order valence-corrected chi connectivity index (χ2v) is 5.40. The van der Waals surface area contributed by atoms with Crippen molar-refractivity contribution in [2.75, 3.05) is 0 Å². The highest BCUT2D eigenvalue weighted by molar-refractivity contribution is 5.41. The van der Waals surface area contributed by atoms with Gasteiger partial charge in [-0.2, -0.15) is 0 Å². The standard InChI is InChI=1S/C17H17N3O2/c1-12-3-2-4-14(7-12)10-20-11-15(18-19-20)8-13-5-6-16(21)17(22)9-13/h2-7,9,11,21-22H,8,10H2,1H3. The molecule has 5 nitrogen and oxygen atoms in total. The van der Waals surface area contributed by atoms with Gasteiger partial charge in [-0.15, -0.1) is 5.10 Å². The Morgan fingerprint density at radius 1 is 1.00 bits per heavy atom. The SMILES string of the molecule is Cc1cccc(Cn2cc(Cc3ccc(O)c(O)c3)nn2)c1. The fraction of sp³-hybridized carbons (Fsp3) is 0.176. The summed E-state index contributed by atoms with van der Waals surface area (Å²) in [6, 6.07) is 13.0. The van der Waals surface area contributed by atoms with E-state index in [1.54, 1.807) is 10.7 Å². The third kappa shape index (κ3) is 3.25. The average molecular weight is 295 g/mol. The molecule has 112 valence electrons. The Morgan fingerprint density at radius 3 is 2.64 bits per heavy atom. The third-order valence-corrected chi connectivity index (χ3v) is 3.44. The molecule has 0 amide bonds. The van der Waals surface area contributed by atoms with Gasteiger partial charge >= 0.3 is 0 Å². The van der Waals surface area contributed by atoms with Crippen LogP contribution in [0.4, 0.5) is 0 Å². The highest BCUT2D eigenvalue weighted by Crippen LogP contribution is 2.25. The molecule has 3 aromatic rings. The molecule has 0 bridgehead atoms. The predicted molar refractivity (Wildman–Crippen MR) is 82.9 cm³/mol. The van der Waals surface area contributed by atoms with Crippen LogP contribution in [0.3, 0.4) is 0 Å². The lowest BCUT2D eigenvalue weighted by Crippen LogP contribution is -2.00. The van der Waals surface area contributed by atoms with Gasteiger partial charge in [0.25, 0.3) is 0 Å². The summed E-state index contributed by atoms with van der Waals surface area (Å²) in [7, 11) is 0. The van der Waals surface area contributed by atoms with Gasteiger partial charge in [-0.1, -0.05) is 41.1 Å². The van der Waals surface area contributed by atoms with E-state index < -0.39 is 0 Å². The van der Waals surface area contributed by atoms with E-state index in [0.717, 1.165) is 11.3 Å². The zero-order valence-corrected chi connectivity index (χ0v) is 12.3. The van der Waals surface area contributed by atoms with Gasteiger partial charge in [-0.05, 0) is 30.2 Å². The predicted octanol–water partition coefficient (Wildman–Crippen LogP) is 2.64.